The van der Waals surface area contributed by atoms with Crippen molar-refractivity contribution in [2.24, 2.45) is 0 Å². The molecule has 0 bridgehead atoms. The van der Waals surface area contributed by atoms with Gasteiger partial charge in [-0.25, -0.2) is 8.93 Å². The molecule has 3 nitrogen and oxygen atoms in total. The van der Waals surface area contributed by atoms with E-state index < -0.39 is 11.0 Å². The van der Waals surface area contributed by atoms with Gasteiger partial charge in [-0.1, -0.05) is 68.4 Å². The fourth-order valence-electron chi connectivity index (χ4n) is 5.04. The Morgan fingerprint density at radius 3 is 2.29 bits per heavy atom. The van der Waals surface area contributed by atoms with E-state index >= 15 is 0 Å². The molecular formula is C27H42N2OS. The quantitative estimate of drug-likeness (QED) is 0.643. The molecule has 1 heterocycles. The zero-order valence-corrected chi connectivity index (χ0v) is 20.8. The number of fused-ring (bicyclic) bond motifs is 2. The highest BCUT2D eigenvalue weighted by Gasteiger charge is 2.47. The number of nitrogens with zero attached hydrogens (tertiary/aromatic N) is 1. The number of nitrogens with one attached hydrogen (secondary N) is 1. The number of hydrogen-bond acceptors (Lipinski definition) is 2. The van der Waals surface area contributed by atoms with Crippen LogP contribution in [0.4, 0.5) is 0 Å². The van der Waals surface area contributed by atoms with Gasteiger partial charge in [-0.15, -0.1) is 0 Å². The van der Waals surface area contributed by atoms with Crippen LogP contribution in [-0.2, 0) is 29.4 Å². The highest BCUT2D eigenvalue weighted by molar-refractivity contribution is 7.84. The molecular weight excluding hydrogens is 400 g/mol. The average Bonchev–Trinajstić information content (AvgIpc) is 2.79. The Labute approximate surface area is 193 Å². The van der Waals surface area contributed by atoms with Gasteiger partial charge < -0.3 is 0 Å². The fraction of sp³-hybridized carbons (Fsp3) is 0.556. The third kappa shape index (κ3) is 5.47. The summed E-state index contributed by atoms with van der Waals surface area (Å²) in [6, 6.07) is 20.0. The highest BCUT2D eigenvalue weighted by Crippen LogP contribution is 2.45. The molecule has 172 valence electrons. The second-order valence-corrected chi connectivity index (χ2v) is 11.7. The van der Waals surface area contributed by atoms with E-state index in [4.69, 9.17) is 0 Å². The summed E-state index contributed by atoms with van der Waals surface area (Å²) in [6.07, 6.45) is 4.38. The maximum Gasteiger partial charge on any atom is 0.0973 e. The Hall–Kier alpha value is -1.49. The van der Waals surface area contributed by atoms with E-state index in [1.807, 2.05) is 13.8 Å². The van der Waals surface area contributed by atoms with Crippen molar-refractivity contribution in [3.05, 3.63) is 71.3 Å². The van der Waals surface area contributed by atoms with Gasteiger partial charge in [-0.05, 0) is 76.2 Å². The van der Waals surface area contributed by atoms with E-state index in [2.05, 4.69) is 85.0 Å². The summed E-state index contributed by atoms with van der Waals surface area (Å²) in [5, 5.41) is 0. The molecule has 2 aromatic rings. The minimum atomic E-state index is -1.04. The van der Waals surface area contributed by atoms with Crippen LogP contribution in [0.3, 0.4) is 0 Å². The zero-order valence-electron chi connectivity index (χ0n) is 20.0. The van der Waals surface area contributed by atoms with Crippen molar-refractivity contribution in [1.82, 2.24) is 9.62 Å². The van der Waals surface area contributed by atoms with E-state index in [0.29, 0.717) is 0 Å². The predicted molar refractivity (Wildman–Crippen MR) is 136 cm³/mol. The van der Waals surface area contributed by atoms with Gasteiger partial charge in [0.25, 0.3) is 0 Å². The molecule has 1 aliphatic heterocycles. The molecule has 4 rings (SSSR count). The summed E-state index contributed by atoms with van der Waals surface area (Å²) in [5.74, 6) is 0. The monoisotopic (exact) mass is 442 g/mol. The van der Waals surface area contributed by atoms with Crippen LogP contribution < -0.4 is 4.72 Å². The molecule has 2 atom stereocenters. The molecule has 1 saturated heterocycles. The van der Waals surface area contributed by atoms with Crippen LogP contribution in [0.25, 0.3) is 0 Å². The summed E-state index contributed by atoms with van der Waals surface area (Å²) >= 11 is 0. The summed E-state index contributed by atoms with van der Waals surface area (Å²) in [6.45, 7) is 13.4. The Kier molecular flexibility index (Phi) is 8.12. The van der Waals surface area contributed by atoms with Gasteiger partial charge in [0.1, 0.15) is 0 Å². The SMILES string of the molecule is CC.CC(C)(C)[S@@](=O)N[C@@H]1CCc2ccccc2C12CCN(Cc1ccccc1)CC2.[HH]. The van der Waals surface area contributed by atoms with Gasteiger partial charge >= 0.3 is 0 Å². The third-order valence-corrected chi connectivity index (χ3v) is 8.34. The second-order valence-electron chi connectivity index (χ2n) is 9.67. The molecule has 2 aromatic carbocycles. The maximum absolute atomic E-state index is 13.0. The van der Waals surface area contributed by atoms with Crippen molar-refractivity contribution < 1.29 is 5.64 Å². The van der Waals surface area contributed by atoms with Crippen molar-refractivity contribution in [2.45, 2.75) is 83.1 Å². The molecule has 1 fully saturated rings. The Morgan fingerprint density at radius 2 is 1.65 bits per heavy atom. The lowest BCUT2D eigenvalue weighted by atomic mass is 9.62. The lowest BCUT2D eigenvalue weighted by Crippen LogP contribution is -2.58. The molecule has 4 heteroatoms. The number of hydrogen-bond donors (Lipinski definition) is 1. The van der Waals surface area contributed by atoms with Crippen molar-refractivity contribution >= 4 is 11.0 Å². The molecule has 0 amide bonds. The number of rotatable bonds is 4. The van der Waals surface area contributed by atoms with Crippen LogP contribution in [0.15, 0.2) is 54.6 Å². The first-order chi connectivity index (χ1) is 14.9. The van der Waals surface area contributed by atoms with E-state index in [1.54, 1.807) is 0 Å². The van der Waals surface area contributed by atoms with Gasteiger partial charge in [0, 0.05) is 19.4 Å². The van der Waals surface area contributed by atoms with Gasteiger partial charge in [-0.2, -0.15) is 0 Å². The summed E-state index contributed by atoms with van der Waals surface area (Å²) in [7, 11) is -1.04. The Balaban J connectivity index is 0.00000118. The van der Waals surface area contributed by atoms with E-state index in [9.17, 15) is 4.21 Å². The Morgan fingerprint density at radius 1 is 1.03 bits per heavy atom. The van der Waals surface area contributed by atoms with Gasteiger partial charge in [0.05, 0.1) is 15.7 Å². The molecule has 1 N–H and O–H groups in total. The summed E-state index contributed by atoms with van der Waals surface area (Å²) < 4.78 is 16.3. The summed E-state index contributed by atoms with van der Waals surface area (Å²) in [5.41, 5.74) is 4.46. The van der Waals surface area contributed by atoms with Crippen molar-refractivity contribution in [3.63, 3.8) is 0 Å². The number of benzene rings is 2. The Bertz CT molecular complexity index is 857. The van der Waals surface area contributed by atoms with Gasteiger partial charge in [-0.3, -0.25) is 4.90 Å². The summed E-state index contributed by atoms with van der Waals surface area (Å²) in [4.78, 5) is 2.58. The first-order valence-corrected chi connectivity index (χ1v) is 13.1. The zero-order chi connectivity index (χ0) is 22.5. The van der Waals surface area contributed by atoms with Crippen LogP contribution in [0.1, 0.15) is 72.0 Å². The lowest BCUT2D eigenvalue weighted by Gasteiger charge is -2.50. The molecule has 0 unspecified atom stereocenters. The molecule has 0 saturated carbocycles. The first kappa shape index (κ1) is 24.2. The average molecular weight is 443 g/mol. The van der Waals surface area contributed by atoms with Crippen LogP contribution in [-0.4, -0.2) is 33.0 Å². The lowest BCUT2D eigenvalue weighted by molar-refractivity contribution is 0.120. The van der Waals surface area contributed by atoms with Gasteiger partial charge in [0.2, 0.25) is 0 Å². The van der Waals surface area contributed by atoms with Crippen molar-refractivity contribution in [2.75, 3.05) is 13.1 Å². The molecule has 1 spiro atoms. The maximum atomic E-state index is 13.0. The third-order valence-electron chi connectivity index (χ3n) is 6.73. The van der Waals surface area contributed by atoms with E-state index in [1.165, 1.54) is 16.7 Å². The predicted octanol–water partition coefficient (Wildman–Crippen LogP) is 5.86. The van der Waals surface area contributed by atoms with Crippen LogP contribution in [0.2, 0.25) is 0 Å². The largest absolute Gasteiger partial charge is 0.299 e. The number of piperidine rings is 1. The molecule has 2 aliphatic rings. The molecule has 1 aliphatic carbocycles. The van der Waals surface area contributed by atoms with Crippen LogP contribution in [0.5, 0.6) is 0 Å². The minimum absolute atomic E-state index is 0. The molecule has 0 aromatic heterocycles. The first-order valence-electron chi connectivity index (χ1n) is 11.9. The van der Waals surface area contributed by atoms with Crippen molar-refractivity contribution in [3.8, 4) is 0 Å². The van der Waals surface area contributed by atoms with E-state index in [-0.39, 0.29) is 17.6 Å². The normalized spacial score (nSPS) is 21.6. The molecule has 31 heavy (non-hydrogen) atoms. The van der Waals surface area contributed by atoms with Crippen LogP contribution in [0, 0.1) is 0 Å². The van der Waals surface area contributed by atoms with Crippen molar-refractivity contribution in [1.29, 1.82) is 0 Å². The minimum Gasteiger partial charge on any atom is -0.299 e. The highest BCUT2D eigenvalue weighted by atomic mass is 32.2. The molecule has 0 radical (unpaired) electrons. The fourth-order valence-corrected chi connectivity index (χ4v) is 5.99. The second kappa shape index (κ2) is 10.4. The topological polar surface area (TPSA) is 32.3 Å². The smallest absolute Gasteiger partial charge is 0.0973 e. The van der Waals surface area contributed by atoms with Crippen LogP contribution >= 0.6 is 0 Å². The number of likely N-dealkylation sites (tertiary alicyclic amines) is 1. The van der Waals surface area contributed by atoms with E-state index in [0.717, 1.165) is 45.3 Å². The van der Waals surface area contributed by atoms with Gasteiger partial charge in [0.15, 0.2) is 0 Å². The number of aryl methyl sites for hydroxylation is 1. The standard InChI is InChI=1S/C25H34N2OS.C2H6.H2/c1-24(2,3)29(28)26-23-14-13-21-11-7-8-12-22(21)25(23)15-17-27(18-16-25)19-20-9-5-4-6-10-20;1-2;/h4-12,23,26H,13-19H2,1-3H3;1-2H3;1H/t23-,29-;;/m1../s1.